The fourth-order valence-electron chi connectivity index (χ4n) is 4.41. The lowest BCUT2D eigenvalue weighted by Gasteiger charge is -2.27. The second kappa shape index (κ2) is 8.76. The van der Waals surface area contributed by atoms with Crippen LogP contribution < -0.4 is 10.2 Å². The average Bonchev–Trinajstić information content (AvgIpc) is 3.50. The van der Waals surface area contributed by atoms with E-state index >= 15 is 0 Å². The minimum atomic E-state index is -0.967. The second-order valence-corrected chi connectivity index (χ2v) is 8.41. The molecular formula is C22H24F2N8O2. The summed E-state index contributed by atoms with van der Waals surface area (Å²) in [6.45, 7) is 3.52. The molecule has 0 amide bonds. The Hall–Kier alpha value is -3.38. The molecule has 0 bridgehead atoms. The van der Waals surface area contributed by atoms with Gasteiger partial charge in [0, 0.05) is 19.7 Å². The Bertz CT molecular complexity index is 1330. The molecule has 0 radical (unpaired) electrons. The zero-order valence-corrected chi connectivity index (χ0v) is 18.4. The van der Waals surface area contributed by atoms with E-state index < -0.39 is 11.6 Å². The number of benzene rings is 1. The number of morpholine rings is 1. The van der Waals surface area contributed by atoms with Gasteiger partial charge in [-0.25, -0.2) is 18.7 Å². The molecule has 0 saturated carbocycles. The molecule has 10 nitrogen and oxygen atoms in total. The van der Waals surface area contributed by atoms with Crippen molar-refractivity contribution in [3.63, 3.8) is 0 Å². The number of ether oxygens (including phenoxy) is 2. The highest BCUT2D eigenvalue weighted by Gasteiger charge is 2.24. The van der Waals surface area contributed by atoms with E-state index in [9.17, 15) is 8.78 Å². The van der Waals surface area contributed by atoms with Gasteiger partial charge in [0.1, 0.15) is 17.6 Å². The first-order valence-corrected chi connectivity index (χ1v) is 11.4. The largest absolute Gasteiger partial charge is 0.378 e. The van der Waals surface area contributed by atoms with E-state index in [2.05, 4.69) is 25.2 Å². The van der Waals surface area contributed by atoms with Crippen LogP contribution in [0.2, 0.25) is 0 Å². The molecule has 2 N–H and O–H groups in total. The van der Waals surface area contributed by atoms with Gasteiger partial charge >= 0.3 is 0 Å². The highest BCUT2D eigenvalue weighted by atomic mass is 19.2. The first-order chi connectivity index (χ1) is 16.7. The smallest absolute Gasteiger partial charge is 0.229 e. The first-order valence-electron chi connectivity index (χ1n) is 11.4. The van der Waals surface area contributed by atoms with Gasteiger partial charge in [0.2, 0.25) is 5.95 Å². The normalized spacial score (nSPS) is 19.2. The highest BCUT2D eigenvalue weighted by molar-refractivity contribution is 5.84. The summed E-state index contributed by atoms with van der Waals surface area (Å²) in [7, 11) is 0. The quantitative estimate of drug-likeness (QED) is 0.458. The van der Waals surface area contributed by atoms with Crippen molar-refractivity contribution in [2.75, 3.05) is 43.1 Å². The van der Waals surface area contributed by atoms with Crippen LogP contribution in [0.25, 0.3) is 22.2 Å². The van der Waals surface area contributed by atoms with Gasteiger partial charge in [-0.05, 0) is 31.4 Å². The maximum absolute atomic E-state index is 14.1. The second-order valence-electron chi connectivity index (χ2n) is 8.41. The zero-order chi connectivity index (χ0) is 23.1. The van der Waals surface area contributed by atoms with Gasteiger partial charge in [-0.1, -0.05) is 0 Å². The van der Waals surface area contributed by atoms with Gasteiger partial charge < -0.3 is 24.7 Å². The van der Waals surface area contributed by atoms with Crippen LogP contribution in [0.5, 0.6) is 0 Å². The van der Waals surface area contributed by atoms with Gasteiger partial charge in [-0.15, -0.1) is 0 Å². The molecule has 34 heavy (non-hydrogen) atoms. The third-order valence-corrected chi connectivity index (χ3v) is 6.19. The van der Waals surface area contributed by atoms with E-state index in [1.54, 1.807) is 6.33 Å². The Kier molecular flexibility index (Phi) is 5.46. The molecule has 2 fully saturated rings. The number of H-pyrrole nitrogens is 1. The fourth-order valence-corrected chi connectivity index (χ4v) is 4.41. The molecule has 1 unspecified atom stereocenters. The summed E-state index contributed by atoms with van der Waals surface area (Å²) in [5.74, 6) is -0.331. The molecule has 0 aliphatic carbocycles. The molecule has 1 aromatic carbocycles. The predicted octanol–water partition coefficient (Wildman–Crippen LogP) is 3.13. The standard InChI is InChI=1S/C22H24F2N8O2/c23-13-4-5-14-18(17(13)24)28-15(27-14)11-25-20-19-21(30-22(29-20)31-6-9-33-10-7-31)32(12-26-19)16-3-1-2-8-34-16/h4-5,12,16H,1-3,6-11H2,(H,27,28)(H,25,29,30). The predicted molar refractivity (Wildman–Crippen MR) is 121 cm³/mol. The van der Waals surface area contributed by atoms with E-state index in [1.807, 2.05) is 4.57 Å². The molecule has 6 rings (SSSR count). The Morgan fingerprint density at radius 3 is 2.76 bits per heavy atom. The maximum atomic E-state index is 14.1. The number of rotatable bonds is 5. The van der Waals surface area contributed by atoms with Crippen LogP contribution in [-0.2, 0) is 16.0 Å². The number of nitrogens with one attached hydrogen (secondary N) is 2. The van der Waals surface area contributed by atoms with E-state index in [1.165, 1.54) is 6.07 Å². The number of hydrogen-bond acceptors (Lipinski definition) is 8. The van der Waals surface area contributed by atoms with Gasteiger partial charge in [0.25, 0.3) is 0 Å². The minimum Gasteiger partial charge on any atom is -0.378 e. The van der Waals surface area contributed by atoms with E-state index in [0.717, 1.165) is 25.3 Å². The molecule has 0 spiro atoms. The molecular weight excluding hydrogens is 446 g/mol. The molecule has 5 heterocycles. The van der Waals surface area contributed by atoms with Gasteiger partial charge in [0.15, 0.2) is 28.6 Å². The third kappa shape index (κ3) is 3.82. The van der Waals surface area contributed by atoms with Crippen molar-refractivity contribution < 1.29 is 18.3 Å². The Morgan fingerprint density at radius 1 is 1.06 bits per heavy atom. The monoisotopic (exact) mass is 470 g/mol. The topological polar surface area (TPSA) is 106 Å². The number of aromatic nitrogens is 6. The van der Waals surface area contributed by atoms with Crippen molar-refractivity contribution in [3.8, 4) is 0 Å². The maximum Gasteiger partial charge on any atom is 0.229 e. The lowest BCUT2D eigenvalue weighted by Crippen LogP contribution is -2.37. The SMILES string of the molecule is Fc1ccc2[nH]c(CNc3nc(N4CCOCC4)nc4c3ncn4C3CCCCO3)nc2c1F. The van der Waals surface area contributed by atoms with Crippen LogP contribution >= 0.6 is 0 Å². The molecule has 2 aliphatic heterocycles. The van der Waals surface area contributed by atoms with E-state index in [4.69, 9.17) is 19.4 Å². The number of nitrogens with zero attached hydrogens (tertiary/aromatic N) is 6. The number of halogens is 2. The van der Waals surface area contributed by atoms with Crippen molar-refractivity contribution in [3.05, 3.63) is 35.9 Å². The van der Waals surface area contributed by atoms with Crippen LogP contribution in [0.1, 0.15) is 31.3 Å². The molecule has 2 saturated heterocycles. The van der Waals surface area contributed by atoms with Crippen LogP contribution in [-0.4, -0.2) is 62.4 Å². The fraction of sp³-hybridized carbons (Fsp3) is 0.455. The van der Waals surface area contributed by atoms with Gasteiger partial charge in [-0.3, -0.25) is 4.57 Å². The van der Waals surface area contributed by atoms with E-state index in [-0.39, 0.29) is 18.3 Å². The summed E-state index contributed by atoms with van der Waals surface area (Å²) in [4.78, 5) is 23.4. The average molecular weight is 470 g/mol. The molecule has 2 aliphatic rings. The van der Waals surface area contributed by atoms with Crippen LogP contribution in [0.3, 0.4) is 0 Å². The van der Waals surface area contributed by atoms with Crippen molar-refractivity contribution >= 4 is 34.0 Å². The summed E-state index contributed by atoms with van der Waals surface area (Å²) in [6, 6.07) is 2.55. The summed E-state index contributed by atoms with van der Waals surface area (Å²) >= 11 is 0. The zero-order valence-electron chi connectivity index (χ0n) is 18.4. The molecule has 3 aromatic heterocycles. The van der Waals surface area contributed by atoms with E-state index in [0.29, 0.717) is 67.2 Å². The van der Waals surface area contributed by atoms with Crippen LogP contribution in [0.15, 0.2) is 18.5 Å². The summed E-state index contributed by atoms with van der Waals surface area (Å²) in [6.07, 6.45) is 4.65. The number of imidazole rings is 2. The number of hydrogen-bond donors (Lipinski definition) is 2. The first kappa shape index (κ1) is 21.2. The Labute approximate surface area is 193 Å². The van der Waals surface area contributed by atoms with Crippen molar-refractivity contribution in [1.29, 1.82) is 0 Å². The number of fused-ring (bicyclic) bond motifs is 2. The van der Waals surface area contributed by atoms with Crippen molar-refractivity contribution in [2.45, 2.75) is 32.0 Å². The number of aromatic amines is 1. The van der Waals surface area contributed by atoms with Gasteiger partial charge in [-0.2, -0.15) is 9.97 Å². The summed E-state index contributed by atoms with van der Waals surface area (Å²) in [5.41, 5.74) is 1.69. The van der Waals surface area contributed by atoms with Crippen molar-refractivity contribution in [1.82, 2.24) is 29.5 Å². The van der Waals surface area contributed by atoms with Gasteiger partial charge in [0.05, 0.1) is 31.6 Å². The molecule has 178 valence electrons. The van der Waals surface area contributed by atoms with Crippen LogP contribution in [0, 0.1) is 11.6 Å². The summed E-state index contributed by atoms with van der Waals surface area (Å²) in [5, 5.41) is 3.26. The molecule has 1 atom stereocenters. The lowest BCUT2D eigenvalue weighted by molar-refractivity contribution is -0.0298. The Balaban J connectivity index is 1.35. The highest BCUT2D eigenvalue weighted by Crippen LogP contribution is 2.30. The summed E-state index contributed by atoms with van der Waals surface area (Å²) < 4.78 is 41.1. The minimum absolute atomic E-state index is 0.0302. The lowest BCUT2D eigenvalue weighted by atomic mass is 10.2. The number of anilines is 2. The third-order valence-electron chi connectivity index (χ3n) is 6.19. The Morgan fingerprint density at radius 2 is 1.94 bits per heavy atom. The molecule has 4 aromatic rings. The van der Waals surface area contributed by atoms with Crippen molar-refractivity contribution in [2.24, 2.45) is 0 Å². The molecule has 12 heteroatoms. The van der Waals surface area contributed by atoms with Crippen LogP contribution in [0.4, 0.5) is 20.5 Å².